The summed E-state index contributed by atoms with van der Waals surface area (Å²) in [7, 11) is 2.02. The zero-order chi connectivity index (χ0) is 23.8. The number of piperidine rings is 1. The normalized spacial score (nSPS) is 24.0. The third-order valence-electron chi connectivity index (χ3n) is 6.66. The summed E-state index contributed by atoms with van der Waals surface area (Å²) in [5.41, 5.74) is 2.52. The van der Waals surface area contributed by atoms with Gasteiger partial charge in [0.2, 0.25) is 11.8 Å². The Morgan fingerprint density at radius 3 is 2.61 bits per heavy atom. The van der Waals surface area contributed by atoms with E-state index in [1.54, 1.807) is 6.07 Å². The lowest BCUT2D eigenvalue weighted by Gasteiger charge is -2.44. The number of fused-ring (bicyclic) bond motifs is 2. The van der Waals surface area contributed by atoms with Crippen LogP contribution in [0.15, 0.2) is 36.4 Å². The molecule has 2 aromatic rings. The van der Waals surface area contributed by atoms with Crippen LogP contribution in [0.2, 0.25) is 5.02 Å². The van der Waals surface area contributed by atoms with Gasteiger partial charge in [-0.15, -0.1) is 0 Å². The summed E-state index contributed by atoms with van der Waals surface area (Å²) in [5, 5.41) is 6.77. The molecule has 0 aromatic heterocycles. The van der Waals surface area contributed by atoms with E-state index in [-0.39, 0.29) is 28.3 Å². The predicted molar refractivity (Wildman–Crippen MR) is 144 cm³/mol. The number of rotatable bonds is 7. The van der Waals surface area contributed by atoms with Crippen molar-refractivity contribution in [3.63, 3.8) is 0 Å². The van der Waals surface area contributed by atoms with Crippen molar-refractivity contribution in [2.45, 2.75) is 67.4 Å². The highest BCUT2D eigenvalue weighted by Gasteiger charge is 2.60. The Kier molecular flexibility index (Phi) is 7.29. The van der Waals surface area contributed by atoms with Crippen molar-refractivity contribution in [1.29, 1.82) is 0 Å². The van der Waals surface area contributed by atoms with Crippen LogP contribution in [0.4, 0.5) is 5.69 Å². The van der Waals surface area contributed by atoms with Crippen molar-refractivity contribution < 1.29 is 14.3 Å². The zero-order valence-corrected chi connectivity index (χ0v) is 22.1. The van der Waals surface area contributed by atoms with Crippen molar-refractivity contribution >= 4 is 65.0 Å². The number of alkyl halides is 1. The van der Waals surface area contributed by atoms with E-state index in [1.807, 2.05) is 38.2 Å². The third kappa shape index (κ3) is 4.38. The van der Waals surface area contributed by atoms with Crippen molar-refractivity contribution in [3.8, 4) is 5.75 Å². The Bertz CT molecular complexity index is 1080. The molecule has 1 saturated heterocycles. The molecule has 2 aliphatic rings. The van der Waals surface area contributed by atoms with Crippen LogP contribution in [0.25, 0.3) is 0 Å². The topological polar surface area (TPSA) is 67.4 Å². The summed E-state index contributed by atoms with van der Waals surface area (Å²) >= 11 is 8.50. The fraction of sp³-hybridized carbons (Fsp3) is 0.440. The molecule has 2 heterocycles. The smallest absolute Gasteiger partial charge is 0.238 e. The van der Waals surface area contributed by atoms with Crippen molar-refractivity contribution in [1.82, 2.24) is 5.32 Å². The number of benzene rings is 2. The van der Waals surface area contributed by atoms with Gasteiger partial charge < -0.3 is 15.4 Å². The summed E-state index contributed by atoms with van der Waals surface area (Å²) in [6.45, 7) is 4.31. The van der Waals surface area contributed by atoms with Gasteiger partial charge in [-0.25, -0.2) is 0 Å². The summed E-state index contributed by atoms with van der Waals surface area (Å²) in [6.07, 6.45) is 4.34. The molecule has 4 rings (SSSR count). The molecule has 0 unspecified atom stereocenters. The lowest BCUT2D eigenvalue weighted by Crippen LogP contribution is -2.58. The molecule has 33 heavy (non-hydrogen) atoms. The minimum Gasteiger partial charge on any atom is -0.490 e. The molecule has 2 amide bonds. The zero-order valence-electron chi connectivity index (χ0n) is 19.2. The minimum absolute atomic E-state index is 0.0636. The Morgan fingerprint density at radius 2 is 1.91 bits per heavy atom. The van der Waals surface area contributed by atoms with Crippen molar-refractivity contribution in [3.05, 3.63) is 52.5 Å². The molecule has 2 aliphatic heterocycles. The molecular weight excluding hydrogens is 549 g/mol. The number of anilines is 1. The second-order valence-electron chi connectivity index (χ2n) is 9.04. The first-order valence-electron chi connectivity index (χ1n) is 11.6. The Labute approximate surface area is 214 Å². The molecule has 3 atom stereocenters. The fourth-order valence-electron chi connectivity index (χ4n) is 5.17. The van der Waals surface area contributed by atoms with Crippen LogP contribution in [0.5, 0.6) is 5.75 Å². The molecule has 5 nitrogen and oxygen atoms in total. The summed E-state index contributed by atoms with van der Waals surface area (Å²) < 4.78 is 6.31. The third-order valence-corrected chi connectivity index (χ3v) is 8.32. The van der Waals surface area contributed by atoms with E-state index >= 15 is 0 Å². The lowest BCUT2D eigenvalue weighted by atomic mass is 9.67. The fourth-order valence-corrected chi connectivity index (χ4v) is 6.72. The van der Waals surface area contributed by atoms with Gasteiger partial charge in [-0.3, -0.25) is 9.59 Å². The van der Waals surface area contributed by atoms with E-state index in [1.165, 1.54) is 0 Å². The van der Waals surface area contributed by atoms with Crippen LogP contribution < -0.4 is 20.8 Å². The van der Waals surface area contributed by atoms with E-state index < -0.39 is 11.5 Å². The minimum atomic E-state index is -0.953. The van der Waals surface area contributed by atoms with E-state index in [2.05, 4.69) is 47.1 Å². The molecule has 1 spiro atoms. The molecule has 1 fully saturated rings. The monoisotopic (exact) mass is 578 g/mol. The van der Waals surface area contributed by atoms with E-state index in [0.717, 1.165) is 48.0 Å². The van der Waals surface area contributed by atoms with Gasteiger partial charge in [-0.1, -0.05) is 84.5 Å². The molecule has 0 bridgehead atoms. The van der Waals surface area contributed by atoms with Gasteiger partial charge in [0.05, 0.1) is 12.1 Å². The number of carbonyl (C=O) groups excluding carboxylic acids is 2. The molecule has 0 aliphatic carbocycles. The van der Waals surface area contributed by atoms with Gasteiger partial charge in [0.1, 0.15) is 19.0 Å². The van der Waals surface area contributed by atoms with E-state index in [0.29, 0.717) is 10.7 Å². The molecule has 174 valence electrons. The maximum Gasteiger partial charge on any atom is 0.238 e. The van der Waals surface area contributed by atoms with Crippen LogP contribution in [-0.2, 0) is 15.0 Å². The van der Waals surface area contributed by atoms with Gasteiger partial charge in [0.15, 0.2) is 0 Å². The van der Waals surface area contributed by atoms with Crippen LogP contribution >= 0.6 is 34.2 Å². The molecular formula is C25H29BClIN2O3. The van der Waals surface area contributed by atoms with E-state index in [4.69, 9.17) is 16.3 Å². The Balaban J connectivity index is 1.87. The first-order valence-corrected chi connectivity index (χ1v) is 13.3. The first kappa shape index (κ1) is 24.4. The van der Waals surface area contributed by atoms with Crippen LogP contribution in [0.1, 0.15) is 63.1 Å². The second kappa shape index (κ2) is 9.86. The van der Waals surface area contributed by atoms with Crippen LogP contribution in [-0.4, -0.2) is 29.7 Å². The highest BCUT2D eigenvalue weighted by atomic mass is 127. The van der Waals surface area contributed by atoms with Gasteiger partial charge >= 0.3 is 0 Å². The average molecular weight is 579 g/mol. The van der Waals surface area contributed by atoms with Gasteiger partial charge in [-0.05, 0) is 36.6 Å². The number of ether oxygens (including phenoxy) is 1. The molecule has 0 radical (unpaired) electrons. The van der Waals surface area contributed by atoms with Crippen LogP contribution in [0.3, 0.4) is 0 Å². The van der Waals surface area contributed by atoms with Crippen molar-refractivity contribution in [2.75, 3.05) is 5.32 Å². The van der Waals surface area contributed by atoms with Crippen molar-refractivity contribution in [2.24, 2.45) is 0 Å². The second-order valence-corrected chi connectivity index (χ2v) is 11.0. The largest absolute Gasteiger partial charge is 0.490 e. The Morgan fingerprint density at radius 1 is 1.18 bits per heavy atom. The number of hydrogen-bond donors (Lipinski definition) is 2. The highest BCUT2D eigenvalue weighted by molar-refractivity contribution is 14.1. The maximum absolute atomic E-state index is 13.7. The van der Waals surface area contributed by atoms with Gasteiger partial charge in [-0.2, -0.15) is 0 Å². The Hall–Kier alpha value is -1.74. The van der Waals surface area contributed by atoms with Gasteiger partial charge in [0, 0.05) is 26.6 Å². The quantitative estimate of drug-likeness (QED) is 0.294. The van der Waals surface area contributed by atoms with Crippen LogP contribution in [0, 0.1) is 0 Å². The number of amides is 2. The number of halogens is 2. The van der Waals surface area contributed by atoms with E-state index in [9.17, 15) is 9.59 Å². The average Bonchev–Trinajstić information content (AvgIpc) is 3.04. The summed E-state index contributed by atoms with van der Waals surface area (Å²) in [5.74, 6) is 0.555. The maximum atomic E-state index is 13.7. The molecule has 2 aromatic carbocycles. The number of nitrogens with one attached hydrogen (secondary N) is 2. The SMILES string of the molecule is Bc1ccc(OC(CCC)CCC)c([C@H]2NC(=O)C[C@@H](I)[C@]23C(=O)Nc2cc(Cl)ccc23)c1. The molecule has 8 heteroatoms. The molecule has 0 saturated carbocycles. The lowest BCUT2D eigenvalue weighted by molar-refractivity contribution is -0.129. The van der Waals surface area contributed by atoms with Gasteiger partial charge in [0.25, 0.3) is 0 Å². The number of hydrogen-bond acceptors (Lipinski definition) is 3. The predicted octanol–water partition coefficient (Wildman–Crippen LogP) is 4.20. The highest BCUT2D eigenvalue weighted by Crippen LogP contribution is 2.54. The summed E-state index contributed by atoms with van der Waals surface area (Å²) in [6, 6.07) is 11.0. The standard InChI is InChI=1S/C25H29BClIN2O3/c1-3-5-16(6-4-2)33-20-10-7-14(26)11-17(20)23-25(21(28)13-22(31)30-23)18-9-8-15(27)12-19(18)29-24(25)32/h7-12,16,21,23H,3-6,13,26H2,1-2H3,(H,29,32)(H,30,31)/t21-,23-,25+/m1/s1. The molecule has 2 N–H and O–H groups in total. The summed E-state index contributed by atoms with van der Waals surface area (Å²) in [4.78, 5) is 26.5. The first-order chi connectivity index (χ1) is 15.8. The number of carbonyl (C=O) groups is 2.